The Hall–Kier alpha value is -4.73. The summed E-state index contributed by atoms with van der Waals surface area (Å²) in [4.78, 5) is 31.1. The van der Waals surface area contributed by atoms with E-state index in [-0.39, 0.29) is 18.1 Å². The molecule has 0 saturated carbocycles. The zero-order chi connectivity index (χ0) is 25.2. The number of hydrogen-bond acceptors (Lipinski definition) is 6. The lowest BCUT2D eigenvalue weighted by molar-refractivity contribution is 0.0943. The van der Waals surface area contributed by atoms with Crippen molar-refractivity contribution < 1.29 is 14.0 Å². The average Bonchev–Trinajstić information content (AvgIpc) is 3.62. The van der Waals surface area contributed by atoms with E-state index in [1.165, 1.54) is 10.9 Å². The van der Waals surface area contributed by atoms with Crippen molar-refractivity contribution in [3.8, 4) is 11.3 Å². The van der Waals surface area contributed by atoms with Crippen LogP contribution in [0.5, 0.6) is 0 Å². The van der Waals surface area contributed by atoms with Crippen LogP contribution in [0.1, 0.15) is 39.2 Å². The number of furan rings is 1. The van der Waals surface area contributed by atoms with E-state index >= 15 is 0 Å². The van der Waals surface area contributed by atoms with E-state index in [2.05, 4.69) is 20.8 Å². The molecule has 0 spiro atoms. The van der Waals surface area contributed by atoms with Crippen LogP contribution < -0.4 is 10.6 Å². The van der Waals surface area contributed by atoms with Crippen LogP contribution in [0.25, 0.3) is 22.2 Å². The van der Waals surface area contributed by atoms with Gasteiger partial charge >= 0.3 is 0 Å². The number of anilines is 1. The first kappa shape index (κ1) is 23.0. The molecule has 4 aromatic heterocycles. The number of nitrogens with one attached hydrogen (secondary N) is 2. The minimum absolute atomic E-state index is 0.107. The van der Waals surface area contributed by atoms with Gasteiger partial charge in [-0.3, -0.25) is 19.0 Å². The van der Waals surface area contributed by atoms with Gasteiger partial charge in [0, 0.05) is 36.4 Å². The van der Waals surface area contributed by atoms with Gasteiger partial charge in [-0.25, -0.2) is 4.98 Å². The molecule has 0 radical (unpaired) electrons. The van der Waals surface area contributed by atoms with Gasteiger partial charge in [0.05, 0.1) is 41.5 Å². The quantitative estimate of drug-likeness (QED) is 0.362. The van der Waals surface area contributed by atoms with E-state index < -0.39 is 5.91 Å². The largest absolute Gasteiger partial charge is 0.467 e. The molecule has 2 N–H and O–H groups in total. The van der Waals surface area contributed by atoms with Crippen LogP contribution in [-0.2, 0) is 20.1 Å². The summed E-state index contributed by atoms with van der Waals surface area (Å²) in [6.45, 7) is 4.94. The molecule has 182 valence electrons. The zero-order valence-corrected chi connectivity index (χ0v) is 20.1. The fraction of sp³-hybridized carbons (Fsp3) is 0.192. The molecule has 10 nitrogen and oxygen atoms in total. The van der Waals surface area contributed by atoms with Gasteiger partial charge in [-0.15, -0.1) is 0 Å². The summed E-state index contributed by atoms with van der Waals surface area (Å²) in [5.41, 5.74) is 4.01. The van der Waals surface area contributed by atoms with Crippen LogP contribution in [0.2, 0.25) is 0 Å². The lowest BCUT2D eigenvalue weighted by atomic mass is 10.0. The molecule has 0 saturated heterocycles. The summed E-state index contributed by atoms with van der Waals surface area (Å²) in [5.74, 6) is -0.184. The smallest absolute Gasteiger partial charge is 0.274 e. The Morgan fingerprint density at radius 2 is 1.94 bits per heavy atom. The predicted octanol–water partition coefficient (Wildman–Crippen LogP) is 3.94. The number of hydrogen-bond donors (Lipinski definition) is 2. The van der Waals surface area contributed by atoms with Gasteiger partial charge in [-0.05, 0) is 38.1 Å². The van der Waals surface area contributed by atoms with E-state index in [1.54, 1.807) is 37.6 Å². The number of aromatic nitrogens is 5. The molecule has 0 fully saturated rings. The van der Waals surface area contributed by atoms with Crippen LogP contribution in [0.4, 0.5) is 5.69 Å². The van der Waals surface area contributed by atoms with Gasteiger partial charge in [-0.2, -0.15) is 10.2 Å². The molecule has 1 aromatic carbocycles. The van der Waals surface area contributed by atoms with Crippen molar-refractivity contribution >= 4 is 28.4 Å². The number of para-hydroxylation sites is 1. The highest BCUT2D eigenvalue weighted by molar-refractivity contribution is 6.14. The summed E-state index contributed by atoms with van der Waals surface area (Å²) >= 11 is 0. The predicted molar refractivity (Wildman–Crippen MR) is 134 cm³/mol. The van der Waals surface area contributed by atoms with Crippen molar-refractivity contribution in [2.75, 3.05) is 5.32 Å². The third kappa shape index (κ3) is 4.36. The number of nitrogens with zero attached hydrogens (tertiary/aromatic N) is 5. The van der Waals surface area contributed by atoms with Crippen molar-refractivity contribution in [3.05, 3.63) is 83.8 Å². The Morgan fingerprint density at radius 1 is 1.11 bits per heavy atom. The molecule has 36 heavy (non-hydrogen) atoms. The first-order chi connectivity index (χ1) is 17.4. The minimum atomic E-state index is -0.426. The molecule has 0 aliphatic rings. The summed E-state index contributed by atoms with van der Waals surface area (Å²) in [6.07, 6.45) is 4.90. The monoisotopic (exact) mass is 483 g/mol. The highest BCUT2D eigenvalue weighted by Gasteiger charge is 2.21. The van der Waals surface area contributed by atoms with Gasteiger partial charge in [0.15, 0.2) is 5.69 Å². The van der Waals surface area contributed by atoms with Gasteiger partial charge in [0.25, 0.3) is 11.8 Å². The summed E-state index contributed by atoms with van der Waals surface area (Å²) in [6, 6.07) is 12.7. The normalized spacial score (nSPS) is 11.1. The molecule has 0 aliphatic carbocycles. The molecule has 5 aromatic rings. The number of pyridine rings is 1. The molecular weight excluding hydrogens is 458 g/mol. The van der Waals surface area contributed by atoms with Crippen molar-refractivity contribution in [2.24, 2.45) is 7.05 Å². The lowest BCUT2D eigenvalue weighted by Gasteiger charge is -2.11. The number of carbonyl (C=O) groups is 2. The maximum atomic E-state index is 13.5. The van der Waals surface area contributed by atoms with Crippen LogP contribution in [-0.4, -0.2) is 36.4 Å². The standard InChI is InChI=1S/C26H25N7O3/c1-4-33-16(2)20(14-28-33)22-12-19(18-9-5-6-10-21(18)29-22)25(34)30-23-15-32(3)31-24(23)26(35)27-13-17-8-7-11-36-17/h5-12,14-15H,4,13H2,1-3H3,(H,27,35)(H,30,34). The number of benzene rings is 1. The second kappa shape index (κ2) is 9.49. The highest BCUT2D eigenvalue weighted by atomic mass is 16.3. The van der Waals surface area contributed by atoms with Gasteiger partial charge in [0.1, 0.15) is 5.76 Å². The molecule has 2 amide bonds. The van der Waals surface area contributed by atoms with Crippen LogP contribution >= 0.6 is 0 Å². The van der Waals surface area contributed by atoms with E-state index in [0.717, 1.165) is 17.8 Å². The van der Waals surface area contributed by atoms with E-state index in [1.807, 2.05) is 42.8 Å². The topological polar surface area (TPSA) is 120 Å². The lowest BCUT2D eigenvalue weighted by Crippen LogP contribution is -2.25. The Bertz CT molecular complexity index is 1560. The van der Waals surface area contributed by atoms with Crippen molar-refractivity contribution in [1.29, 1.82) is 0 Å². The van der Waals surface area contributed by atoms with Crippen LogP contribution in [0.15, 0.2) is 65.5 Å². The molecule has 0 atom stereocenters. The fourth-order valence-electron chi connectivity index (χ4n) is 4.12. The SMILES string of the molecule is CCn1ncc(-c2cc(C(=O)Nc3cn(C)nc3C(=O)NCc3ccco3)c3ccccc3n2)c1C. The van der Waals surface area contributed by atoms with E-state index in [9.17, 15) is 9.59 Å². The Balaban J connectivity index is 1.47. The van der Waals surface area contributed by atoms with E-state index in [4.69, 9.17) is 9.40 Å². The summed E-state index contributed by atoms with van der Waals surface area (Å²) < 4.78 is 8.63. The fourth-order valence-corrected chi connectivity index (χ4v) is 4.12. The minimum Gasteiger partial charge on any atom is -0.467 e. The molecule has 0 aliphatic heterocycles. The second-order valence-corrected chi connectivity index (χ2v) is 8.31. The highest BCUT2D eigenvalue weighted by Crippen LogP contribution is 2.28. The molecule has 5 rings (SSSR count). The van der Waals surface area contributed by atoms with Crippen LogP contribution in [0, 0.1) is 6.92 Å². The molecule has 0 unspecified atom stereocenters. The molecule has 0 bridgehead atoms. The van der Waals surface area contributed by atoms with Crippen molar-refractivity contribution in [3.63, 3.8) is 0 Å². The van der Waals surface area contributed by atoms with E-state index in [0.29, 0.717) is 33.6 Å². The average molecular weight is 484 g/mol. The molecular formula is C26H25N7O3. The molecule has 4 heterocycles. The number of aryl methyl sites for hydroxylation is 2. The van der Waals surface area contributed by atoms with Gasteiger partial charge < -0.3 is 15.1 Å². The maximum Gasteiger partial charge on any atom is 0.274 e. The van der Waals surface area contributed by atoms with Crippen LogP contribution in [0.3, 0.4) is 0 Å². The number of fused-ring (bicyclic) bond motifs is 1. The summed E-state index contributed by atoms with van der Waals surface area (Å²) in [5, 5.41) is 15.0. The molecule has 10 heteroatoms. The third-order valence-corrected chi connectivity index (χ3v) is 5.93. The zero-order valence-electron chi connectivity index (χ0n) is 20.1. The Morgan fingerprint density at radius 3 is 2.69 bits per heavy atom. The Labute approximate surface area is 206 Å². The first-order valence-electron chi connectivity index (χ1n) is 11.5. The van der Waals surface area contributed by atoms with Gasteiger partial charge in [-0.1, -0.05) is 18.2 Å². The van der Waals surface area contributed by atoms with Crippen molar-refractivity contribution in [2.45, 2.75) is 26.9 Å². The summed E-state index contributed by atoms with van der Waals surface area (Å²) in [7, 11) is 1.69. The Kier molecular flexibility index (Phi) is 6.07. The first-order valence-corrected chi connectivity index (χ1v) is 11.5. The third-order valence-electron chi connectivity index (χ3n) is 5.93. The van der Waals surface area contributed by atoms with Crippen molar-refractivity contribution in [1.82, 2.24) is 29.9 Å². The van der Waals surface area contributed by atoms with Gasteiger partial charge in [0.2, 0.25) is 0 Å². The number of rotatable bonds is 7. The number of carbonyl (C=O) groups excluding carboxylic acids is 2. The number of amides is 2. The second-order valence-electron chi connectivity index (χ2n) is 8.31. The maximum absolute atomic E-state index is 13.5.